The van der Waals surface area contributed by atoms with Gasteiger partial charge in [-0.15, -0.1) is 0 Å². The first kappa shape index (κ1) is 17.7. The maximum Gasteiger partial charge on any atom is 0.254 e. The standard InChI is InChI=1S/C22H28N2O/c1-23-16-19-10-7-15-24(17-19)22(25)21-12-6-5-11-20(21)14-13-18-8-3-2-4-9-18/h2-6,8-9,11-12,19,23H,7,10,13-17H2,1H3. The van der Waals surface area contributed by atoms with Crippen LogP contribution in [-0.2, 0) is 12.8 Å². The number of piperidine rings is 1. The molecule has 2 aromatic rings. The highest BCUT2D eigenvalue weighted by Crippen LogP contribution is 2.20. The second kappa shape index (κ2) is 8.82. The number of hydrogen-bond acceptors (Lipinski definition) is 2. The van der Waals surface area contributed by atoms with Gasteiger partial charge in [0.05, 0.1) is 0 Å². The van der Waals surface area contributed by atoms with Crippen LogP contribution < -0.4 is 5.32 Å². The predicted octanol–water partition coefficient (Wildman–Crippen LogP) is 3.54. The minimum atomic E-state index is 0.199. The number of amides is 1. The van der Waals surface area contributed by atoms with Crippen LogP contribution in [0.25, 0.3) is 0 Å². The highest BCUT2D eigenvalue weighted by Gasteiger charge is 2.25. The lowest BCUT2D eigenvalue weighted by Gasteiger charge is -2.33. The van der Waals surface area contributed by atoms with Gasteiger partial charge >= 0.3 is 0 Å². The molecule has 1 fully saturated rings. The summed E-state index contributed by atoms with van der Waals surface area (Å²) in [6.45, 7) is 2.73. The highest BCUT2D eigenvalue weighted by molar-refractivity contribution is 5.95. The van der Waals surface area contributed by atoms with Gasteiger partial charge in [-0.2, -0.15) is 0 Å². The number of aryl methyl sites for hydroxylation is 2. The molecule has 1 amide bonds. The van der Waals surface area contributed by atoms with Crippen molar-refractivity contribution in [3.8, 4) is 0 Å². The lowest BCUT2D eigenvalue weighted by molar-refractivity contribution is 0.0673. The van der Waals surface area contributed by atoms with Crippen LogP contribution in [0.1, 0.15) is 34.3 Å². The summed E-state index contributed by atoms with van der Waals surface area (Å²) in [5.41, 5.74) is 3.35. The number of carbonyl (C=O) groups excluding carboxylic acids is 1. The summed E-state index contributed by atoms with van der Waals surface area (Å²) < 4.78 is 0. The zero-order chi connectivity index (χ0) is 17.5. The number of likely N-dealkylation sites (tertiary alicyclic amines) is 1. The molecule has 0 aliphatic carbocycles. The fourth-order valence-corrected chi connectivity index (χ4v) is 3.75. The third kappa shape index (κ3) is 4.70. The summed E-state index contributed by atoms with van der Waals surface area (Å²) in [5, 5.41) is 3.25. The second-order valence-electron chi connectivity index (χ2n) is 6.96. The molecule has 0 bridgehead atoms. The smallest absolute Gasteiger partial charge is 0.254 e. The van der Waals surface area contributed by atoms with E-state index in [9.17, 15) is 4.79 Å². The van der Waals surface area contributed by atoms with Gasteiger partial charge < -0.3 is 10.2 Å². The Morgan fingerprint density at radius 1 is 1.08 bits per heavy atom. The molecule has 1 aliphatic rings. The lowest BCUT2D eigenvalue weighted by Crippen LogP contribution is -2.42. The highest BCUT2D eigenvalue weighted by atomic mass is 16.2. The largest absolute Gasteiger partial charge is 0.338 e. The fraction of sp³-hybridized carbons (Fsp3) is 0.409. The van der Waals surface area contributed by atoms with Gasteiger partial charge in [0, 0.05) is 18.7 Å². The summed E-state index contributed by atoms with van der Waals surface area (Å²) in [7, 11) is 1.99. The molecule has 0 radical (unpaired) electrons. The average molecular weight is 336 g/mol. The molecule has 0 aromatic heterocycles. The third-order valence-electron chi connectivity index (χ3n) is 5.07. The van der Waals surface area contributed by atoms with Crippen molar-refractivity contribution in [2.75, 3.05) is 26.7 Å². The zero-order valence-electron chi connectivity index (χ0n) is 15.1. The van der Waals surface area contributed by atoms with Crippen molar-refractivity contribution in [3.05, 3.63) is 71.3 Å². The third-order valence-corrected chi connectivity index (χ3v) is 5.07. The monoisotopic (exact) mass is 336 g/mol. The van der Waals surface area contributed by atoms with E-state index in [4.69, 9.17) is 0 Å². The van der Waals surface area contributed by atoms with E-state index in [-0.39, 0.29) is 5.91 Å². The molecule has 3 heteroatoms. The predicted molar refractivity (Wildman–Crippen MR) is 103 cm³/mol. The summed E-state index contributed by atoms with van der Waals surface area (Å²) >= 11 is 0. The summed E-state index contributed by atoms with van der Waals surface area (Å²) in [6, 6.07) is 18.6. The topological polar surface area (TPSA) is 32.3 Å². The van der Waals surface area contributed by atoms with Gasteiger partial charge in [-0.25, -0.2) is 0 Å². The Kier molecular flexibility index (Phi) is 6.24. The minimum Gasteiger partial charge on any atom is -0.338 e. The van der Waals surface area contributed by atoms with E-state index < -0.39 is 0 Å². The Balaban J connectivity index is 1.70. The molecule has 2 aromatic carbocycles. The van der Waals surface area contributed by atoms with Crippen LogP contribution in [0.15, 0.2) is 54.6 Å². The molecule has 1 heterocycles. The van der Waals surface area contributed by atoms with Crippen LogP contribution in [0.4, 0.5) is 0 Å². The maximum atomic E-state index is 13.1. The Morgan fingerprint density at radius 2 is 1.84 bits per heavy atom. The quantitative estimate of drug-likeness (QED) is 0.875. The van der Waals surface area contributed by atoms with Crippen LogP contribution in [0.3, 0.4) is 0 Å². The van der Waals surface area contributed by atoms with Crippen LogP contribution in [0, 0.1) is 5.92 Å². The van der Waals surface area contributed by atoms with Gasteiger partial charge in [-0.1, -0.05) is 48.5 Å². The Morgan fingerprint density at radius 3 is 2.64 bits per heavy atom. The van der Waals surface area contributed by atoms with E-state index in [0.717, 1.165) is 50.0 Å². The number of nitrogens with one attached hydrogen (secondary N) is 1. The van der Waals surface area contributed by atoms with Crippen LogP contribution in [-0.4, -0.2) is 37.5 Å². The molecule has 0 spiro atoms. The van der Waals surface area contributed by atoms with Crippen molar-refractivity contribution < 1.29 is 4.79 Å². The fourth-order valence-electron chi connectivity index (χ4n) is 3.75. The van der Waals surface area contributed by atoms with Crippen molar-refractivity contribution in [2.45, 2.75) is 25.7 Å². The Labute approximate surface area is 151 Å². The summed E-state index contributed by atoms with van der Waals surface area (Å²) in [4.78, 5) is 15.1. The average Bonchev–Trinajstić information content (AvgIpc) is 2.67. The normalized spacial score (nSPS) is 17.5. The van der Waals surface area contributed by atoms with E-state index in [1.165, 1.54) is 12.0 Å². The molecule has 132 valence electrons. The second-order valence-corrected chi connectivity index (χ2v) is 6.96. The molecule has 1 atom stereocenters. The Hall–Kier alpha value is -2.13. The summed E-state index contributed by atoms with van der Waals surface area (Å²) in [6.07, 6.45) is 4.18. The molecule has 1 saturated heterocycles. The van der Waals surface area contributed by atoms with E-state index in [0.29, 0.717) is 5.92 Å². The van der Waals surface area contributed by atoms with Crippen molar-refractivity contribution in [2.24, 2.45) is 5.92 Å². The first-order valence-corrected chi connectivity index (χ1v) is 9.33. The van der Waals surface area contributed by atoms with Crippen molar-refractivity contribution in [1.29, 1.82) is 0 Å². The molecule has 3 rings (SSSR count). The van der Waals surface area contributed by atoms with E-state index in [1.54, 1.807) is 0 Å². The van der Waals surface area contributed by atoms with E-state index >= 15 is 0 Å². The lowest BCUT2D eigenvalue weighted by atomic mass is 9.95. The maximum absolute atomic E-state index is 13.1. The first-order valence-electron chi connectivity index (χ1n) is 9.33. The minimum absolute atomic E-state index is 0.199. The number of hydrogen-bond donors (Lipinski definition) is 1. The zero-order valence-corrected chi connectivity index (χ0v) is 15.1. The number of carbonyl (C=O) groups is 1. The first-order chi connectivity index (χ1) is 12.3. The molecule has 1 aliphatic heterocycles. The Bertz CT molecular complexity index is 681. The van der Waals surface area contributed by atoms with Crippen molar-refractivity contribution in [1.82, 2.24) is 10.2 Å². The van der Waals surface area contributed by atoms with Gasteiger partial charge in [0.25, 0.3) is 5.91 Å². The SMILES string of the molecule is CNCC1CCCN(C(=O)c2ccccc2CCc2ccccc2)C1. The number of rotatable bonds is 6. The van der Waals surface area contributed by atoms with Gasteiger partial charge in [-0.05, 0) is 62.4 Å². The van der Waals surface area contributed by atoms with Gasteiger partial charge in [0.1, 0.15) is 0 Å². The number of benzene rings is 2. The van der Waals surface area contributed by atoms with Gasteiger partial charge in [-0.3, -0.25) is 4.79 Å². The number of nitrogens with zero attached hydrogens (tertiary/aromatic N) is 1. The van der Waals surface area contributed by atoms with Crippen molar-refractivity contribution in [3.63, 3.8) is 0 Å². The van der Waals surface area contributed by atoms with E-state index in [2.05, 4.69) is 35.6 Å². The molecule has 25 heavy (non-hydrogen) atoms. The van der Waals surface area contributed by atoms with Crippen LogP contribution in [0.5, 0.6) is 0 Å². The molecule has 1 unspecified atom stereocenters. The summed E-state index contributed by atoms with van der Waals surface area (Å²) in [5.74, 6) is 0.767. The van der Waals surface area contributed by atoms with Gasteiger partial charge in [0.15, 0.2) is 0 Å². The molecule has 3 nitrogen and oxygen atoms in total. The van der Waals surface area contributed by atoms with Crippen molar-refractivity contribution >= 4 is 5.91 Å². The molecule has 0 saturated carbocycles. The molecule has 1 N–H and O–H groups in total. The molecular weight excluding hydrogens is 308 g/mol. The molecular formula is C22H28N2O. The van der Waals surface area contributed by atoms with E-state index in [1.807, 2.05) is 36.2 Å². The van der Waals surface area contributed by atoms with Crippen LogP contribution >= 0.6 is 0 Å². The van der Waals surface area contributed by atoms with Gasteiger partial charge in [0.2, 0.25) is 0 Å². The van der Waals surface area contributed by atoms with Crippen LogP contribution in [0.2, 0.25) is 0 Å².